The zero-order valence-electron chi connectivity index (χ0n) is 34.4. The number of aliphatic carboxylic acids is 1. The zero-order valence-corrected chi connectivity index (χ0v) is 35.2. The number of carbonyl (C=O) groups is 2. The van der Waals surface area contributed by atoms with E-state index in [0.29, 0.717) is 55.9 Å². The maximum absolute atomic E-state index is 14.0. The zero-order chi connectivity index (χ0) is 39.1. The Morgan fingerprint density at radius 3 is 2.31 bits per heavy atom. The average molecular weight is 769 g/mol. The van der Waals surface area contributed by atoms with Crippen LogP contribution in [0.3, 0.4) is 0 Å². The van der Waals surface area contributed by atoms with Crippen LogP contribution in [-0.2, 0) is 19.4 Å². The van der Waals surface area contributed by atoms with Crippen molar-refractivity contribution in [1.29, 1.82) is 0 Å². The Morgan fingerprint density at radius 2 is 1.69 bits per heavy atom. The number of fused-ring (bicyclic) bond motifs is 7. The molecule has 302 valence electrons. The average Bonchev–Trinajstić information content (AvgIpc) is 3.41. The summed E-state index contributed by atoms with van der Waals surface area (Å²) in [6.45, 7) is 20.2. The highest BCUT2D eigenvalue weighted by Crippen LogP contribution is 2.76. The Morgan fingerprint density at radius 1 is 0.963 bits per heavy atom. The third kappa shape index (κ3) is 6.17. The Balaban J connectivity index is 1.11. The van der Waals surface area contributed by atoms with Crippen molar-refractivity contribution in [3.63, 3.8) is 0 Å². The number of alkyl halides is 1. The standard InChI is InChI=1S/C45H69FN2O5S/c1-30(2)37-34(49)27-45(29-47-21-8-22-48-23-25-54(52,53)26-24-48)20-19-42(6)33(38(37)45)9-10-36-41(5)15-13-32(40(3,4)35(41)14-16-43(36,42)7)31-11-17-44(28-46,18-12-31)39(50)51/h11,13,30,33,35-36,47H,8-10,12,14-29H2,1-7H3,(H,50,51)/t33-,35+,36-,41+,42-,43-,44?,45+/m1/s1. The van der Waals surface area contributed by atoms with Gasteiger partial charge < -0.3 is 15.3 Å². The minimum atomic E-state index is -2.87. The van der Waals surface area contributed by atoms with Crippen molar-refractivity contribution in [2.75, 3.05) is 50.9 Å². The first-order valence-corrected chi connectivity index (χ1v) is 23.2. The van der Waals surface area contributed by atoms with Gasteiger partial charge in [0.15, 0.2) is 15.6 Å². The lowest BCUT2D eigenvalue weighted by atomic mass is 9.33. The lowest BCUT2D eigenvalue weighted by Crippen LogP contribution is -2.64. The van der Waals surface area contributed by atoms with Crippen molar-refractivity contribution in [3.05, 3.63) is 34.4 Å². The van der Waals surface area contributed by atoms with Crippen molar-refractivity contribution >= 4 is 21.6 Å². The molecule has 0 spiro atoms. The van der Waals surface area contributed by atoms with Gasteiger partial charge in [-0.15, -0.1) is 0 Å². The fourth-order valence-corrected chi connectivity index (χ4v) is 15.6. The Hall–Kier alpha value is -1.84. The van der Waals surface area contributed by atoms with Gasteiger partial charge in [0.1, 0.15) is 6.67 Å². The maximum atomic E-state index is 14.0. The lowest BCUT2D eigenvalue weighted by Gasteiger charge is -2.71. The fraction of sp³-hybridized carbons (Fsp3) is 0.822. The molecule has 0 amide bonds. The van der Waals surface area contributed by atoms with Crippen molar-refractivity contribution in [2.24, 2.45) is 56.2 Å². The molecular formula is C45H69FN2O5S. The highest BCUT2D eigenvalue weighted by atomic mass is 32.2. The molecule has 0 radical (unpaired) electrons. The Labute approximate surface area is 325 Å². The van der Waals surface area contributed by atoms with E-state index in [9.17, 15) is 27.5 Å². The molecule has 7 aliphatic rings. The molecule has 4 fully saturated rings. The molecule has 1 unspecified atom stereocenters. The third-order valence-corrected chi connectivity index (χ3v) is 19.2. The van der Waals surface area contributed by atoms with Crippen LogP contribution in [0.1, 0.15) is 126 Å². The molecule has 2 N–H and O–H groups in total. The predicted octanol–water partition coefficient (Wildman–Crippen LogP) is 8.36. The predicted molar refractivity (Wildman–Crippen MR) is 213 cm³/mol. The van der Waals surface area contributed by atoms with Crippen LogP contribution in [0.15, 0.2) is 34.4 Å². The summed E-state index contributed by atoms with van der Waals surface area (Å²) in [5.41, 5.74) is 4.23. The lowest BCUT2D eigenvalue weighted by molar-refractivity contribution is -0.198. The number of carboxylic acids is 1. The van der Waals surface area contributed by atoms with Crippen molar-refractivity contribution in [1.82, 2.24) is 10.2 Å². The van der Waals surface area contributed by atoms with Gasteiger partial charge in [0.2, 0.25) is 0 Å². The Bertz CT molecular complexity index is 1730. The molecule has 8 atom stereocenters. The second-order valence-corrected chi connectivity index (χ2v) is 23.0. The minimum Gasteiger partial charge on any atom is -0.481 e. The number of ketones is 1. The van der Waals surface area contributed by atoms with Crippen molar-refractivity contribution < 1.29 is 27.5 Å². The number of hydrogen-bond acceptors (Lipinski definition) is 6. The number of sulfone groups is 1. The number of nitrogens with one attached hydrogen (secondary N) is 1. The summed E-state index contributed by atoms with van der Waals surface area (Å²) in [7, 11) is -2.87. The van der Waals surface area contributed by atoms with Crippen LogP contribution in [0, 0.1) is 56.2 Å². The summed E-state index contributed by atoms with van der Waals surface area (Å²) in [4.78, 5) is 28.3. The number of carboxylic acid groups (broad SMARTS) is 1. The molecule has 0 bridgehead atoms. The quantitative estimate of drug-likeness (QED) is 0.216. The second-order valence-electron chi connectivity index (χ2n) is 20.7. The van der Waals surface area contributed by atoms with Crippen LogP contribution < -0.4 is 5.32 Å². The van der Waals surface area contributed by atoms with Crippen LogP contribution in [0.2, 0.25) is 0 Å². The summed E-state index contributed by atoms with van der Waals surface area (Å²) in [5, 5.41) is 13.7. The molecule has 9 heteroatoms. The largest absolute Gasteiger partial charge is 0.481 e. The van der Waals surface area contributed by atoms with E-state index in [2.05, 4.69) is 70.8 Å². The van der Waals surface area contributed by atoms with Gasteiger partial charge in [0.05, 0.1) is 16.9 Å². The van der Waals surface area contributed by atoms with E-state index in [-0.39, 0.29) is 50.9 Å². The van der Waals surface area contributed by atoms with Gasteiger partial charge in [-0.3, -0.25) is 9.59 Å². The first-order valence-electron chi connectivity index (χ1n) is 21.4. The van der Waals surface area contributed by atoms with E-state index in [1.807, 2.05) is 0 Å². The van der Waals surface area contributed by atoms with Gasteiger partial charge in [-0.25, -0.2) is 12.8 Å². The van der Waals surface area contributed by atoms with Gasteiger partial charge in [-0.1, -0.05) is 66.2 Å². The van der Waals surface area contributed by atoms with E-state index < -0.39 is 27.9 Å². The number of halogens is 1. The number of carbonyl (C=O) groups excluding carboxylic acids is 1. The van der Waals surface area contributed by atoms with E-state index in [1.165, 1.54) is 29.6 Å². The number of Topliss-reactive ketones (excluding diaryl/α,β-unsaturated/α-hetero) is 1. The molecule has 1 saturated heterocycles. The summed E-state index contributed by atoms with van der Waals surface area (Å²) in [5.74, 6) is 1.61. The normalized spacial score (nSPS) is 41.7. The van der Waals surface area contributed by atoms with Gasteiger partial charge >= 0.3 is 5.97 Å². The summed E-state index contributed by atoms with van der Waals surface area (Å²) in [6.07, 6.45) is 15.3. The van der Waals surface area contributed by atoms with E-state index in [1.54, 1.807) is 0 Å². The number of hydrogen-bond donors (Lipinski definition) is 2. The molecule has 0 aromatic carbocycles. The van der Waals surface area contributed by atoms with Gasteiger partial charge in [-0.05, 0) is 146 Å². The first kappa shape index (κ1) is 40.4. The molecule has 1 heterocycles. The van der Waals surface area contributed by atoms with Crippen LogP contribution in [0.5, 0.6) is 0 Å². The SMILES string of the molecule is CC(C)C1=C2[C@H]3CC[C@@H]4[C@@]5(C)CC=C(C6=CCC(CF)(C(=O)O)CC6)C(C)(C)[C@@H]5CC[C@@]4(C)[C@]3(C)CC[C@@]2(CNCCCN2CCS(=O)(=O)CC2)CC1=O. The second kappa shape index (κ2) is 13.9. The van der Waals surface area contributed by atoms with Crippen LogP contribution in [-0.4, -0.2) is 81.1 Å². The molecule has 6 aliphatic carbocycles. The number of nitrogens with zero attached hydrogens (tertiary/aromatic N) is 1. The third-order valence-electron chi connectivity index (χ3n) is 17.5. The highest BCUT2D eigenvalue weighted by Gasteiger charge is 2.69. The number of allylic oxidation sites excluding steroid dienone is 5. The maximum Gasteiger partial charge on any atom is 0.312 e. The van der Waals surface area contributed by atoms with E-state index in [0.717, 1.165) is 63.7 Å². The van der Waals surface area contributed by atoms with Crippen molar-refractivity contribution in [3.8, 4) is 0 Å². The van der Waals surface area contributed by atoms with Crippen LogP contribution >= 0.6 is 0 Å². The summed E-state index contributed by atoms with van der Waals surface area (Å²) >= 11 is 0. The molecule has 0 aromatic rings. The molecule has 3 saturated carbocycles. The van der Waals surface area contributed by atoms with Crippen LogP contribution in [0.4, 0.5) is 4.39 Å². The fourth-order valence-electron chi connectivity index (χ4n) is 14.3. The minimum absolute atomic E-state index is 0.0544. The van der Waals surface area contributed by atoms with Crippen LogP contribution in [0.25, 0.3) is 0 Å². The summed E-state index contributed by atoms with van der Waals surface area (Å²) < 4.78 is 37.8. The van der Waals surface area contributed by atoms with Gasteiger partial charge in [0.25, 0.3) is 0 Å². The highest BCUT2D eigenvalue weighted by molar-refractivity contribution is 7.91. The topological polar surface area (TPSA) is 104 Å². The monoisotopic (exact) mass is 768 g/mol. The molecule has 7 rings (SSSR count). The number of rotatable bonds is 10. The first-order chi connectivity index (χ1) is 25.3. The molecule has 0 aromatic heterocycles. The smallest absolute Gasteiger partial charge is 0.312 e. The molecule has 54 heavy (non-hydrogen) atoms. The van der Waals surface area contributed by atoms with Gasteiger partial charge in [0, 0.05) is 31.5 Å². The van der Waals surface area contributed by atoms with E-state index >= 15 is 0 Å². The molecule has 7 nitrogen and oxygen atoms in total. The molecular weight excluding hydrogens is 700 g/mol. The summed E-state index contributed by atoms with van der Waals surface area (Å²) in [6, 6.07) is 0. The Kier molecular flexibility index (Phi) is 10.4. The molecule has 1 aliphatic heterocycles. The van der Waals surface area contributed by atoms with Crippen molar-refractivity contribution in [2.45, 2.75) is 126 Å². The van der Waals surface area contributed by atoms with E-state index in [4.69, 9.17) is 0 Å². The van der Waals surface area contributed by atoms with Gasteiger partial charge in [-0.2, -0.15) is 0 Å².